The van der Waals surface area contributed by atoms with Crippen LogP contribution in [0, 0.1) is 11.6 Å². The summed E-state index contributed by atoms with van der Waals surface area (Å²) in [7, 11) is 0. The third-order valence-electron chi connectivity index (χ3n) is 3.42. The van der Waals surface area contributed by atoms with Gasteiger partial charge in [0.25, 0.3) is 0 Å². The lowest BCUT2D eigenvalue weighted by Gasteiger charge is -2.22. The van der Waals surface area contributed by atoms with Crippen molar-refractivity contribution < 1.29 is 28.2 Å². The Labute approximate surface area is 143 Å². The number of rotatable bonds is 7. The fraction of sp³-hybridized carbons (Fsp3) is 0.222. The van der Waals surface area contributed by atoms with Gasteiger partial charge in [0, 0.05) is 17.3 Å². The molecule has 0 aliphatic heterocycles. The number of benzene rings is 2. The largest absolute Gasteiger partial charge is 0.464 e. The van der Waals surface area contributed by atoms with E-state index in [-0.39, 0.29) is 17.9 Å². The Bertz CT molecular complexity index is 752. The molecule has 7 heteroatoms. The van der Waals surface area contributed by atoms with Crippen LogP contribution in [0.3, 0.4) is 0 Å². The Morgan fingerprint density at radius 2 is 1.80 bits per heavy atom. The minimum Gasteiger partial charge on any atom is -0.464 e. The van der Waals surface area contributed by atoms with E-state index in [4.69, 9.17) is 4.74 Å². The monoisotopic (exact) mass is 349 g/mol. The molecule has 5 nitrogen and oxygen atoms in total. The number of esters is 1. The van der Waals surface area contributed by atoms with Crippen molar-refractivity contribution in [3.63, 3.8) is 0 Å². The van der Waals surface area contributed by atoms with E-state index in [2.05, 4.69) is 5.32 Å². The van der Waals surface area contributed by atoms with Gasteiger partial charge < -0.3 is 15.2 Å². The van der Waals surface area contributed by atoms with Crippen LogP contribution in [0.2, 0.25) is 0 Å². The average molecular weight is 349 g/mol. The SMILES string of the molecule is CCOC(=O)[C@H](Nc1ccc(F)c(F)c1)[C@H](O)C(=O)c1ccccc1. The van der Waals surface area contributed by atoms with E-state index in [0.717, 1.165) is 12.1 Å². The molecule has 0 unspecified atom stereocenters. The Hall–Kier alpha value is -2.80. The highest BCUT2D eigenvalue weighted by molar-refractivity contribution is 6.03. The summed E-state index contributed by atoms with van der Waals surface area (Å²) in [5.74, 6) is -3.77. The van der Waals surface area contributed by atoms with Gasteiger partial charge in [0.05, 0.1) is 6.61 Å². The number of ketones is 1. The van der Waals surface area contributed by atoms with Crippen molar-refractivity contribution in [3.05, 3.63) is 65.7 Å². The lowest BCUT2D eigenvalue weighted by Crippen LogP contribution is -2.46. The first kappa shape index (κ1) is 18.5. The molecule has 2 rings (SSSR count). The Morgan fingerprint density at radius 3 is 2.40 bits per heavy atom. The maximum atomic E-state index is 13.3. The Morgan fingerprint density at radius 1 is 1.12 bits per heavy atom. The van der Waals surface area contributed by atoms with Gasteiger partial charge in [-0.1, -0.05) is 30.3 Å². The number of ether oxygens (including phenoxy) is 1. The van der Waals surface area contributed by atoms with Gasteiger partial charge in [-0.3, -0.25) is 4.79 Å². The number of carbonyl (C=O) groups excluding carboxylic acids is 2. The minimum atomic E-state index is -1.77. The van der Waals surface area contributed by atoms with Crippen LogP contribution < -0.4 is 5.32 Å². The summed E-state index contributed by atoms with van der Waals surface area (Å²) in [4.78, 5) is 24.5. The second kappa shape index (κ2) is 8.34. The molecule has 2 N–H and O–H groups in total. The average Bonchev–Trinajstić information content (AvgIpc) is 2.62. The molecular weight excluding hydrogens is 332 g/mol. The summed E-state index contributed by atoms with van der Waals surface area (Å²) >= 11 is 0. The number of carbonyl (C=O) groups is 2. The molecule has 0 fully saturated rings. The van der Waals surface area contributed by atoms with Crippen molar-refractivity contribution in [1.82, 2.24) is 0 Å². The molecule has 2 atom stereocenters. The zero-order chi connectivity index (χ0) is 18.4. The van der Waals surface area contributed by atoms with Crippen LogP contribution in [-0.4, -0.2) is 35.6 Å². The number of halogens is 2. The highest BCUT2D eigenvalue weighted by atomic mass is 19.2. The summed E-state index contributed by atoms with van der Waals surface area (Å²) in [5.41, 5.74) is 0.230. The molecule has 0 saturated carbocycles. The predicted octanol–water partition coefficient (Wildman–Crippen LogP) is 2.55. The van der Waals surface area contributed by atoms with Crippen LogP contribution in [0.25, 0.3) is 0 Å². The van der Waals surface area contributed by atoms with Crippen molar-refractivity contribution in [2.75, 3.05) is 11.9 Å². The molecule has 0 heterocycles. The quantitative estimate of drug-likeness (QED) is 0.593. The van der Waals surface area contributed by atoms with E-state index in [1.54, 1.807) is 25.1 Å². The van der Waals surface area contributed by atoms with Crippen LogP contribution >= 0.6 is 0 Å². The van der Waals surface area contributed by atoms with Crippen molar-refractivity contribution >= 4 is 17.4 Å². The summed E-state index contributed by atoms with van der Waals surface area (Å²) in [6.07, 6.45) is -1.77. The molecule has 0 spiro atoms. The van der Waals surface area contributed by atoms with E-state index < -0.39 is 35.5 Å². The predicted molar refractivity (Wildman–Crippen MR) is 87.2 cm³/mol. The van der Waals surface area contributed by atoms with E-state index in [1.165, 1.54) is 18.2 Å². The normalized spacial score (nSPS) is 13.0. The molecule has 0 saturated heterocycles. The van der Waals surface area contributed by atoms with Gasteiger partial charge in [0.1, 0.15) is 6.10 Å². The molecule has 132 valence electrons. The van der Waals surface area contributed by atoms with Crippen molar-refractivity contribution in [2.24, 2.45) is 0 Å². The highest BCUT2D eigenvalue weighted by Gasteiger charge is 2.34. The minimum absolute atomic E-state index is 0.0249. The van der Waals surface area contributed by atoms with E-state index in [1.807, 2.05) is 0 Å². The fourth-order valence-electron chi connectivity index (χ4n) is 2.19. The molecule has 0 aromatic heterocycles. The number of nitrogens with one attached hydrogen (secondary N) is 1. The Kier molecular flexibility index (Phi) is 6.19. The van der Waals surface area contributed by atoms with Crippen molar-refractivity contribution in [3.8, 4) is 0 Å². The molecule has 0 aliphatic rings. The topological polar surface area (TPSA) is 75.6 Å². The van der Waals surface area contributed by atoms with E-state index in [9.17, 15) is 23.5 Å². The first-order valence-electron chi connectivity index (χ1n) is 7.59. The lowest BCUT2D eigenvalue weighted by molar-refractivity contribution is -0.145. The molecule has 2 aromatic rings. The molecule has 25 heavy (non-hydrogen) atoms. The standard InChI is InChI=1S/C18H17F2NO4/c1-2-25-18(24)15(21-12-8-9-13(19)14(20)10-12)17(23)16(22)11-6-4-3-5-7-11/h3-10,15,17,21,23H,2H2,1H3/t15-,17+/m1/s1. The van der Waals surface area contributed by atoms with Gasteiger partial charge in [-0.15, -0.1) is 0 Å². The van der Waals surface area contributed by atoms with Gasteiger partial charge in [-0.2, -0.15) is 0 Å². The number of aliphatic hydroxyl groups is 1. The first-order chi connectivity index (χ1) is 11.9. The second-order valence-corrected chi connectivity index (χ2v) is 5.18. The summed E-state index contributed by atoms with van der Waals surface area (Å²) in [6, 6.07) is 9.31. The maximum absolute atomic E-state index is 13.3. The number of anilines is 1. The van der Waals surface area contributed by atoms with Gasteiger partial charge in [-0.05, 0) is 19.1 Å². The summed E-state index contributed by atoms with van der Waals surface area (Å²) < 4.78 is 31.2. The molecule has 0 bridgehead atoms. The molecular formula is C18H17F2NO4. The molecule has 2 aromatic carbocycles. The zero-order valence-electron chi connectivity index (χ0n) is 13.4. The van der Waals surface area contributed by atoms with Gasteiger partial charge in [0.2, 0.25) is 0 Å². The third kappa shape index (κ3) is 4.60. The summed E-state index contributed by atoms with van der Waals surface area (Å²) in [6.45, 7) is 1.60. The smallest absolute Gasteiger partial charge is 0.331 e. The fourth-order valence-corrected chi connectivity index (χ4v) is 2.19. The second-order valence-electron chi connectivity index (χ2n) is 5.18. The zero-order valence-corrected chi connectivity index (χ0v) is 13.4. The Balaban J connectivity index is 2.27. The van der Waals surface area contributed by atoms with E-state index in [0.29, 0.717) is 0 Å². The lowest BCUT2D eigenvalue weighted by atomic mass is 10.00. The third-order valence-corrected chi connectivity index (χ3v) is 3.42. The number of hydrogen-bond acceptors (Lipinski definition) is 5. The van der Waals surface area contributed by atoms with Crippen LogP contribution in [0.5, 0.6) is 0 Å². The van der Waals surface area contributed by atoms with E-state index >= 15 is 0 Å². The number of aliphatic hydroxyl groups excluding tert-OH is 1. The van der Waals surface area contributed by atoms with Gasteiger partial charge in [0.15, 0.2) is 23.5 Å². The van der Waals surface area contributed by atoms with Crippen LogP contribution in [0.15, 0.2) is 48.5 Å². The van der Waals surface area contributed by atoms with Crippen molar-refractivity contribution in [1.29, 1.82) is 0 Å². The summed E-state index contributed by atoms with van der Waals surface area (Å²) in [5, 5.41) is 12.9. The molecule has 0 radical (unpaired) electrons. The maximum Gasteiger partial charge on any atom is 0.331 e. The highest BCUT2D eigenvalue weighted by Crippen LogP contribution is 2.17. The van der Waals surface area contributed by atoms with Crippen LogP contribution in [-0.2, 0) is 9.53 Å². The number of Topliss-reactive ketones (excluding diaryl/α,β-unsaturated/α-hetero) is 1. The number of hydrogen-bond donors (Lipinski definition) is 2. The first-order valence-corrected chi connectivity index (χ1v) is 7.59. The van der Waals surface area contributed by atoms with Gasteiger partial charge in [-0.25, -0.2) is 13.6 Å². The van der Waals surface area contributed by atoms with Crippen molar-refractivity contribution in [2.45, 2.75) is 19.1 Å². The molecule has 0 amide bonds. The van der Waals surface area contributed by atoms with Gasteiger partial charge >= 0.3 is 5.97 Å². The van der Waals surface area contributed by atoms with Crippen LogP contribution in [0.4, 0.5) is 14.5 Å². The van der Waals surface area contributed by atoms with Crippen LogP contribution in [0.1, 0.15) is 17.3 Å². The molecule has 0 aliphatic carbocycles.